The number of rotatable bonds is 1. The third-order valence-electron chi connectivity index (χ3n) is 2.97. The maximum absolute atomic E-state index is 12.1. The summed E-state index contributed by atoms with van der Waals surface area (Å²) in [7, 11) is 0. The molecule has 2 aromatic rings. The molecule has 0 spiro atoms. The van der Waals surface area contributed by atoms with E-state index < -0.39 is 0 Å². The summed E-state index contributed by atoms with van der Waals surface area (Å²) in [6.07, 6.45) is 2.27. The van der Waals surface area contributed by atoms with E-state index in [0.717, 1.165) is 41.7 Å². The van der Waals surface area contributed by atoms with E-state index in [1.165, 1.54) is 0 Å². The number of likely N-dealkylation sites (tertiary alicyclic amines) is 1. The molecule has 1 aliphatic rings. The van der Waals surface area contributed by atoms with E-state index in [1.807, 2.05) is 28.6 Å². The van der Waals surface area contributed by atoms with Gasteiger partial charge in [0.2, 0.25) is 0 Å². The number of aromatic nitrogens is 1. The number of amides is 1. The fourth-order valence-electron chi connectivity index (χ4n) is 2.09. The molecule has 82 valence electrons. The van der Waals surface area contributed by atoms with Crippen molar-refractivity contribution in [1.82, 2.24) is 9.88 Å². The highest BCUT2D eigenvalue weighted by atomic mass is 32.1. The number of carbonyl (C=O) groups is 1. The Morgan fingerprint density at radius 1 is 1.31 bits per heavy atom. The fraction of sp³-hybridized carbons (Fsp3) is 0.333. The molecule has 0 unspecified atom stereocenters. The van der Waals surface area contributed by atoms with Crippen LogP contribution < -0.4 is 0 Å². The van der Waals surface area contributed by atoms with E-state index in [2.05, 4.69) is 4.98 Å². The molecule has 0 aliphatic carbocycles. The number of hydrogen-bond donors (Lipinski definition) is 0. The van der Waals surface area contributed by atoms with E-state index in [-0.39, 0.29) is 5.91 Å². The van der Waals surface area contributed by atoms with Gasteiger partial charge in [-0.1, -0.05) is 0 Å². The van der Waals surface area contributed by atoms with Gasteiger partial charge in [0.05, 0.1) is 15.7 Å². The van der Waals surface area contributed by atoms with Crippen molar-refractivity contribution in [3.05, 3.63) is 29.3 Å². The summed E-state index contributed by atoms with van der Waals surface area (Å²) in [6, 6.07) is 5.76. The summed E-state index contributed by atoms with van der Waals surface area (Å²) in [5.74, 6) is 0.160. The topological polar surface area (TPSA) is 33.2 Å². The lowest BCUT2D eigenvalue weighted by Gasteiger charge is -2.14. The Labute approximate surface area is 97.7 Å². The van der Waals surface area contributed by atoms with Crippen LogP contribution in [0.4, 0.5) is 0 Å². The van der Waals surface area contributed by atoms with E-state index in [9.17, 15) is 4.79 Å². The van der Waals surface area contributed by atoms with Gasteiger partial charge in [0, 0.05) is 18.7 Å². The zero-order valence-corrected chi connectivity index (χ0v) is 9.67. The Hall–Kier alpha value is -1.42. The van der Waals surface area contributed by atoms with Crippen LogP contribution in [-0.2, 0) is 0 Å². The van der Waals surface area contributed by atoms with Crippen molar-refractivity contribution in [2.24, 2.45) is 0 Å². The molecular formula is C12H12N2OS. The van der Waals surface area contributed by atoms with Gasteiger partial charge in [-0.25, -0.2) is 4.98 Å². The van der Waals surface area contributed by atoms with Crippen molar-refractivity contribution in [2.45, 2.75) is 12.8 Å². The van der Waals surface area contributed by atoms with Crippen LogP contribution in [0.1, 0.15) is 23.2 Å². The summed E-state index contributed by atoms with van der Waals surface area (Å²) >= 11 is 1.58. The molecule has 1 fully saturated rings. The van der Waals surface area contributed by atoms with Crippen molar-refractivity contribution in [3.63, 3.8) is 0 Å². The average Bonchev–Trinajstić information content (AvgIpc) is 2.98. The predicted molar refractivity (Wildman–Crippen MR) is 64.8 cm³/mol. The quantitative estimate of drug-likeness (QED) is 0.757. The molecule has 1 saturated heterocycles. The second-order valence-electron chi connectivity index (χ2n) is 4.03. The normalized spacial score (nSPS) is 15.9. The third-order valence-corrected chi connectivity index (χ3v) is 3.76. The smallest absolute Gasteiger partial charge is 0.253 e. The van der Waals surface area contributed by atoms with Crippen LogP contribution in [0, 0.1) is 0 Å². The number of fused-ring (bicyclic) bond motifs is 1. The van der Waals surface area contributed by atoms with Crippen LogP contribution in [0.25, 0.3) is 10.2 Å². The predicted octanol–water partition coefficient (Wildman–Crippen LogP) is 2.53. The second-order valence-corrected chi connectivity index (χ2v) is 4.92. The van der Waals surface area contributed by atoms with E-state index in [0.29, 0.717) is 0 Å². The summed E-state index contributed by atoms with van der Waals surface area (Å²) in [5, 5.41) is 0. The highest BCUT2D eigenvalue weighted by Gasteiger charge is 2.19. The van der Waals surface area contributed by atoms with Crippen molar-refractivity contribution >= 4 is 27.5 Å². The minimum absolute atomic E-state index is 0.160. The Morgan fingerprint density at radius 2 is 2.12 bits per heavy atom. The van der Waals surface area contributed by atoms with E-state index in [4.69, 9.17) is 0 Å². The first kappa shape index (κ1) is 9.78. The monoisotopic (exact) mass is 232 g/mol. The van der Waals surface area contributed by atoms with Gasteiger partial charge < -0.3 is 4.90 Å². The fourth-order valence-corrected chi connectivity index (χ4v) is 2.81. The molecule has 2 heterocycles. The molecule has 3 rings (SSSR count). The van der Waals surface area contributed by atoms with Crippen LogP contribution in [0.3, 0.4) is 0 Å². The molecular weight excluding hydrogens is 220 g/mol. The molecule has 0 radical (unpaired) electrons. The molecule has 3 nitrogen and oxygen atoms in total. The third kappa shape index (κ3) is 1.59. The zero-order chi connectivity index (χ0) is 11.0. The maximum atomic E-state index is 12.1. The minimum Gasteiger partial charge on any atom is -0.339 e. The largest absolute Gasteiger partial charge is 0.339 e. The van der Waals surface area contributed by atoms with Crippen molar-refractivity contribution in [3.8, 4) is 0 Å². The van der Waals surface area contributed by atoms with Gasteiger partial charge in [-0.05, 0) is 31.0 Å². The van der Waals surface area contributed by atoms with Crippen molar-refractivity contribution in [2.75, 3.05) is 13.1 Å². The lowest BCUT2D eigenvalue weighted by Crippen LogP contribution is -2.27. The van der Waals surface area contributed by atoms with Gasteiger partial charge in [0.15, 0.2) is 0 Å². The first-order valence-corrected chi connectivity index (χ1v) is 6.35. The van der Waals surface area contributed by atoms with Gasteiger partial charge in [-0.15, -0.1) is 11.3 Å². The van der Waals surface area contributed by atoms with Crippen LogP contribution in [-0.4, -0.2) is 28.9 Å². The summed E-state index contributed by atoms with van der Waals surface area (Å²) in [5.41, 5.74) is 3.58. The molecule has 1 amide bonds. The lowest BCUT2D eigenvalue weighted by molar-refractivity contribution is 0.0793. The Morgan fingerprint density at radius 3 is 2.94 bits per heavy atom. The average molecular weight is 232 g/mol. The van der Waals surface area contributed by atoms with Crippen LogP contribution in [0.2, 0.25) is 0 Å². The molecule has 0 bridgehead atoms. The van der Waals surface area contributed by atoms with Gasteiger partial charge in [0.1, 0.15) is 0 Å². The molecule has 1 aromatic heterocycles. The first-order chi connectivity index (χ1) is 7.84. The van der Waals surface area contributed by atoms with Crippen molar-refractivity contribution in [1.29, 1.82) is 0 Å². The number of nitrogens with zero attached hydrogens (tertiary/aromatic N) is 2. The second kappa shape index (κ2) is 3.87. The van der Waals surface area contributed by atoms with Gasteiger partial charge >= 0.3 is 0 Å². The molecule has 1 aliphatic heterocycles. The van der Waals surface area contributed by atoms with Crippen LogP contribution in [0.5, 0.6) is 0 Å². The first-order valence-electron chi connectivity index (χ1n) is 5.47. The maximum Gasteiger partial charge on any atom is 0.253 e. The Kier molecular flexibility index (Phi) is 2.36. The molecule has 16 heavy (non-hydrogen) atoms. The van der Waals surface area contributed by atoms with Gasteiger partial charge in [0.25, 0.3) is 5.91 Å². The number of carbonyl (C=O) groups excluding carboxylic acids is 1. The van der Waals surface area contributed by atoms with E-state index >= 15 is 0 Å². The summed E-state index contributed by atoms with van der Waals surface area (Å²) in [4.78, 5) is 18.3. The number of hydrogen-bond acceptors (Lipinski definition) is 3. The van der Waals surface area contributed by atoms with Crippen LogP contribution >= 0.6 is 11.3 Å². The molecule has 0 atom stereocenters. The molecule has 0 saturated carbocycles. The van der Waals surface area contributed by atoms with Crippen LogP contribution in [0.15, 0.2) is 23.7 Å². The van der Waals surface area contributed by atoms with E-state index in [1.54, 1.807) is 11.3 Å². The lowest BCUT2D eigenvalue weighted by atomic mass is 10.2. The SMILES string of the molecule is O=C(c1ccc2ncsc2c1)N1CCCC1. The Balaban J connectivity index is 1.95. The van der Waals surface area contributed by atoms with Gasteiger partial charge in [-0.3, -0.25) is 4.79 Å². The molecule has 1 aromatic carbocycles. The minimum atomic E-state index is 0.160. The summed E-state index contributed by atoms with van der Waals surface area (Å²) < 4.78 is 1.09. The zero-order valence-electron chi connectivity index (χ0n) is 8.85. The standard InChI is InChI=1S/C12H12N2OS/c15-12(14-5-1-2-6-14)9-3-4-10-11(7-9)16-8-13-10/h3-4,7-8H,1-2,5-6H2. The highest BCUT2D eigenvalue weighted by Crippen LogP contribution is 2.21. The highest BCUT2D eigenvalue weighted by molar-refractivity contribution is 7.16. The molecule has 4 heteroatoms. The number of thiazole rings is 1. The summed E-state index contributed by atoms with van der Waals surface area (Å²) in [6.45, 7) is 1.80. The van der Waals surface area contributed by atoms with Gasteiger partial charge in [-0.2, -0.15) is 0 Å². The Bertz CT molecular complexity index is 529. The van der Waals surface area contributed by atoms with Crippen molar-refractivity contribution < 1.29 is 4.79 Å². The molecule has 0 N–H and O–H groups in total. The number of benzene rings is 1.